The zero-order valence-electron chi connectivity index (χ0n) is 22.4. The monoisotopic (exact) mass is 523 g/mol. The Labute approximate surface area is 238 Å². The summed E-state index contributed by atoms with van der Waals surface area (Å²) in [5.74, 6) is 0. The van der Waals surface area contributed by atoms with Crippen molar-refractivity contribution in [1.82, 2.24) is 14.5 Å². The van der Waals surface area contributed by atoms with Crippen molar-refractivity contribution in [2.45, 2.75) is 12.8 Å². The quantitative estimate of drug-likeness (QED) is 0.231. The number of nitrogens with zero attached hydrogens (tertiary/aromatic N) is 3. The highest BCUT2D eigenvalue weighted by molar-refractivity contribution is 6.21. The summed E-state index contributed by atoms with van der Waals surface area (Å²) in [6.45, 7) is 0. The Morgan fingerprint density at radius 1 is 0.634 bits per heavy atom. The summed E-state index contributed by atoms with van der Waals surface area (Å²) in [6, 6.07) is 39.1. The molecule has 2 aliphatic rings. The molecule has 41 heavy (non-hydrogen) atoms. The van der Waals surface area contributed by atoms with Crippen molar-refractivity contribution in [2.75, 3.05) is 0 Å². The summed E-state index contributed by atoms with van der Waals surface area (Å²) < 4.78 is 2.53. The van der Waals surface area contributed by atoms with Gasteiger partial charge in [-0.3, -0.25) is 4.98 Å². The lowest BCUT2D eigenvalue weighted by Gasteiger charge is -2.15. The Bertz CT molecular complexity index is 2180. The van der Waals surface area contributed by atoms with E-state index in [1.54, 1.807) is 0 Å². The van der Waals surface area contributed by atoms with Crippen molar-refractivity contribution in [3.63, 3.8) is 0 Å². The highest BCUT2D eigenvalue weighted by Crippen LogP contribution is 2.52. The lowest BCUT2D eigenvalue weighted by atomic mass is 9.98. The molecule has 3 nitrogen and oxygen atoms in total. The van der Waals surface area contributed by atoms with Gasteiger partial charge in [0.2, 0.25) is 0 Å². The number of rotatable bonds is 3. The lowest BCUT2D eigenvalue weighted by Crippen LogP contribution is -2.03. The number of pyridine rings is 2. The second-order valence-corrected chi connectivity index (χ2v) is 10.9. The fourth-order valence-corrected chi connectivity index (χ4v) is 6.89. The topological polar surface area (TPSA) is 30.7 Å². The van der Waals surface area contributed by atoms with Crippen LogP contribution in [0.5, 0.6) is 0 Å². The van der Waals surface area contributed by atoms with Crippen LogP contribution in [-0.2, 0) is 6.42 Å². The van der Waals surface area contributed by atoms with E-state index < -0.39 is 0 Å². The van der Waals surface area contributed by atoms with E-state index in [0.29, 0.717) is 0 Å². The third kappa shape index (κ3) is 3.26. The zero-order valence-corrected chi connectivity index (χ0v) is 22.4. The third-order valence-electron chi connectivity index (χ3n) is 8.67. The molecule has 4 aromatic carbocycles. The van der Waals surface area contributed by atoms with Gasteiger partial charge in [0.25, 0.3) is 0 Å². The van der Waals surface area contributed by atoms with Crippen LogP contribution in [0.15, 0.2) is 121 Å². The Kier molecular flexibility index (Phi) is 4.73. The van der Waals surface area contributed by atoms with Crippen molar-refractivity contribution < 1.29 is 0 Å². The van der Waals surface area contributed by atoms with E-state index in [9.17, 15) is 0 Å². The molecule has 2 aliphatic carbocycles. The molecule has 0 unspecified atom stereocenters. The van der Waals surface area contributed by atoms with Crippen LogP contribution in [0, 0.1) is 0 Å². The molecule has 0 radical (unpaired) electrons. The van der Waals surface area contributed by atoms with Gasteiger partial charge in [-0.15, -0.1) is 0 Å². The van der Waals surface area contributed by atoms with Crippen LogP contribution in [0.25, 0.3) is 78.3 Å². The van der Waals surface area contributed by atoms with Crippen LogP contribution in [0.3, 0.4) is 0 Å². The van der Waals surface area contributed by atoms with Crippen molar-refractivity contribution in [3.05, 3.63) is 133 Å². The zero-order chi connectivity index (χ0) is 26.9. The number of hydrogen-bond acceptors (Lipinski definition) is 2. The normalized spacial score (nSPS) is 13.1. The van der Waals surface area contributed by atoms with Crippen molar-refractivity contribution >= 4 is 27.8 Å². The van der Waals surface area contributed by atoms with Gasteiger partial charge in [-0.1, -0.05) is 84.9 Å². The van der Waals surface area contributed by atoms with E-state index in [1.807, 2.05) is 30.5 Å². The van der Waals surface area contributed by atoms with E-state index in [2.05, 4.69) is 107 Å². The van der Waals surface area contributed by atoms with Gasteiger partial charge in [0.15, 0.2) is 0 Å². The summed E-state index contributed by atoms with van der Waals surface area (Å²) in [5.41, 5.74) is 14.4. The summed E-state index contributed by atoms with van der Waals surface area (Å²) in [4.78, 5) is 9.43. The van der Waals surface area contributed by atoms with E-state index in [1.165, 1.54) is 60.9 Å². The molecule has 0 amide bonds. The third-order valence-corrected chi connectivity index (χ3v) is 8.67. The molecule has 192 valence electrons. The first-order valence-electron chi connectivity index (χ1n) is 14.2. The number of allylic oxidation sites excluding steroid dienone is 1. The van der Waals surface area contributed by atoms with Crippen LogP contribution in [0.2, 0.25) is 0 Å². The maximum absolute atomic E-state index is 4.94. The molecule has 3 aromatic heterocycles. The first-order valence-corrected chi connectivity index (χ1v) is 14.2. The molecule has 0 saturated carbocycles. The molecule has 0 fully saturated rings. The van der Waals surface area contributed by atoms with Gasteiger partial charge >= 0.3 is 0 Å². The second-order valence-electron chi connectivity index (χ2n) is 10.9. The van der Waals surface area contributed by atoms with Crippen molar-refractivity contribution in [2.24, 2.45) is 0 Å². The van der Waals surface area contributed by atoms with E-state index in [-0.39, 0.29) is 0 Å². The predicted molar refractivity (Wildman–Crippen MR) is 169 cm³/mol. The average molecular weight is 524 g/mol. The van der Waals surface area contributed by atoms with Crippen LogP contribution in [0.4, 0.5) is 0 Å². The molecule has 0 bridgehead atoms. The van der Waals surface area contributed by atoms with Crippen LogP contribution in [0.1, 0.15) is 17.7 Å². The molecule has 0 atom stereocenters. The van der Waals surface area contributed by atoms with E-state index in [0.717, 1.165) is 35.5 Å². The molecule has 0 saturated heterocycles. The number of hydrogen-bond donors (Lipinski definition) is 0. The Morgan fingerprint density at radius 2 is 1.44 bits per heavy atom. The molecule has 0 spiro atoms. The Balaban J connectivity index is 1.24. The number of benzene rings is 4. The molecule has 3 heterocycles. The highest BCUT2D eigenvalue weighted by atomic mass is 15.0. The smallest absolute Gasteiger partial charge is 0.0893 e. The molecule has 3 heteroatoms. The van der Waals surface area contributed by atoms with Gasteiger partial charge in [-0.2, -0.15) is 0 Å². The van der Waals surface area contributed by atoms with E-state index in [4.69, 9.17) is 4.98 Å². The fraction of sp³-hybridized carbons (Fsp3) is 0.0526. The van der Waals surface area contributed by atoms with Gasteiger partial charge in [0.05, 0.1) is 22.6 Å². The lowest BCUT2D eigenvalue weighted by molar-refractivity contribution is 0.889. The van der Waals surface area contributed by atoms with Gasteiger partial charge < -0.3 is 4.57 Å². The summed E-state index contributed by atoms with van der Waals surface area (Å²) in [5, 5.41) is 4.00. The first kappa shape index (κ1) is 22.5. The maximum Gasteiger partial charge on any atom is 0.0893 e. The number of aromatic nitrogens is 3. The van der Waals surface area contributed by atoms with Crippen LogP contribution < -0.4 is 0 Å². The SMILES string of the molecule is C1=Cc2c(n(-c3ccc(-c4cccc(-c5ccccn5)n4)cc3)c3c4c(ccc23)-c2cccc3cccc-4c23)CC1. The standard InChI is InChI=1S/C38H25N3/c1-2-16-35-27(10-1)30-22-21-29-28-11-5-8-25-9-6-12-31(36(25)28)37(29)38(30)41(35)26-19-17-24(18-20-26)32-14-7-15-34(40-32)33-13-3-4-23-39-33/h1,3-15,17-23H,2,16H2. The van der Waals surface area contributed by atoms with Gasteiger partial charge in [0.1, 0.15) is 0 Å². The van der Waals surface area contributed by atoms with E-state index >= 15 is 0 Å². The van der Waals surface area contributed by atoms with Crippen LogP contribution >= 0.6 is 0 Å². The number of fused-ring (bicyclic) bond motifs is 7. The summed E-state index contributed by atoms with van der Waals surface area (Å²) >= 11 is 0. The van der Waals surface area contributed by atoms with Gasteiger partial charge in [-0.05, 0) is 76.7 Å². The summed E-state index contributed by atoms with van der Waals surface area (Å²) in [7, 11) is 0. The molecular weight excluding hydrogens is 498 g/mol. The highest BCUT2D eigenvalue weighted by Gasteiger charge is 2.28. The summed E-state index contributed by atoms with van der Waals surface area (Å²) in [6.07, 6.45) is 8.54. The van der Waals surface area contributed by atoms with Gasteiger partial charge in [-0.25, -0.2) is 4.98 Å². The molecule has 0 aliphatic heterocycles. The fourth-order valence-electron chi connectivity index (χ4n) is 6.89. The molecular formula is C38H25N3. The van der Waals surface area contributed by atoms with Gasteiger partial charge in [0, 0.05) is 39.7 Å². The molecule has 0 N–H and O–H groups in total. The average Bonchev–Trinajstić information content (AvgIpc) is 3.56. The Hall–Kier alpha value is -5.28. The minimum atomic E-state index is 0.883. The van der Waals surface area contributed by atoms with Crippen molar-refractivity contribution in [1.29, 1.82) is 0 Å². The molecule has 7 aromatic rings. The van der Waals surface area contributed by atoms with Crippen LogP contribution in [-0.4, -0.2) is 14.5 Å². The Morgan fingerprint density at radius 3 is 2.29 bits per heavy atom. The first-order chi connectivity index (χ1) is 20.3. The minimum Gasteiger partial charge on any atom is -0.312 e. The largest absolute Gasteiger partial charge is 0.312 e. The van der Waals surface area contributed by atoms with Crippen molar-refractivity contribution in [3.8, 4) is 50.6 Å². The minimum absolute atomic E-state index is 0.883. The maximum atomic E-state index is 4.94. The second kappa shape index (κ2) is 8.61. The predicted octanol–water partition coefficient (Wildman–Crippen LogP) is 9.51. The molecule has 9 rings (SSSR count).